The Morgan fingerprint density at radius 3 is 2.28 bits per heavy atom. The third kappa shape index (κ3) is 2.69. The number of benzene rings is 2. The number of anilines is 1. The van der Waals surface area contributed by atoms with Gasteiger partial charge in [-0.2, -0.15) is 13.2 Å². The molecule has 2 aromatic rings. The predicted molar refractivity (Wildman–Crippen MR) is 85.6 cm³/mol. The second-order valence-corrected chi connectivity index (χ2v) is 6.18. The van der Waals surface area contributed by atoms with Crippen LogP contribution in [-0.4, -0.2) is 28.6 Å². The molecule has 0 heterocycles. The highest BCUT2D eigenvalue weighted by Crippen LogP contribution is 2.41. The number of halogens is 4. The molecule has 25 heavy (non-hydrogen) atoms. The topological polar surface area (TPSA) is 66.4 Å². The van der Waals surface area contributed by atoms with Gasteiger partial charge in [-0.05, 0) is 30.2 Å². The van der Waals surface area contributed by atoms with Crippen molar-refractivity contribution in [2.75, 3.05) is 5.32 Å². The van der Waals surface area contributed by atoms with Gasteiger partial charge in [-0.15, -0.1) is 0 Å². The van der Waals surface area contributed by atoms with Crippen molar-refractivity contribution in [1.82, 2.24) is 0 Å². The SMILES string of the molecule is CC(O)(C(=O)Nc1cc2c(cc1Cl)-c1ccccc1C2=O)C(F)(F)F. The Hall–Kier alpha value is -2.38. The second kappa shape index (κ2) is 5.57. The molecule has 0 bridgehead atoms. The number of hydrogen-bond donors (Lipinski definition) is 2. The standard InChI is InChI=1S/C17H11ClF3NO3/c1-16(25,17(19,20)21)15(24)22-13-7-11-10(6-12(13)18)8-4-2-3-5-9(8)14(11)23/h2-7,25H,1H3,(H,22,24). The van der Waals surface area contributed by atoms with Gasteiger partial charge >= 0.3 is 6.18 Å². The van der Waals surface area contributed by atoms with Crippen molar-refractivity contribution in [1.29, 1.82) is 0 Å². The van der Waals surface area contributed by atoms with Crippen molar-refractivity contribution in [3.8, 4) is 11.1 Å². The van der Waals surface area contributed by atoms with Gasteiger partial charge < -0.3 is 10.4 Å². The zero-order valence-electron chi connectivity index (χ0n) is 12.7. The Balaban J connectivity index is 2.00. The molecule has 2 aromatic carbocycles. The first kappa shape index (κ1) is 17.4. The van der Waals surface area contributed by atoms with Crippen LogP contribution in [0, 0.1) is 0 Å². The van der Waals surface area contributed by atoms with E-state index in [2.05, 4.69) is 0 Å². The first-order valence-corrected chi connectivity index (χ1v) is 7.50. The summed E-state index contributed by atoms with van der Waals surface area (Å²) in [5.41, 5.74) is -1.93. The highest BCUT2D eigenvalue weighted by molar-refractivity contribution is 6.35. The maximum absolute atomic E-state index is 12.7. The minimum Gasteiger partial charge on any atom is -0.373 e. The molecule has 0 fully saturated rings. The molecule has 0 aromatic heterocycles. The van der Waals surface area contributed by atoms with Gasteiger partial charge in [0.2, 0.25) is 5.60 Å². The van der Waals surface area contributed by atoms with E-state index in [-0.39, 0.29) is 22.1 Å². The van der Waals surface area contributed by atoms with Crippen LogP contribution in [0.2, 0.25) is 5.02 Å². The van der Waals surface area contributed by atoms with E-state index in [0.29, 0.717) is 23.6 Å². The van der Waals surface area contributed by atoms with E-state index in [1.54, 1.807) is 24.3 Å². The fourth-order valence-corrected chi connectivity index (χ4v) is 2.72. The molecule has 0 aliphatic heterocycles. The van der Waals surface area contributed by atoms with Crippen molar-refractivity contribution in [2.45, 2.75) is 18.7 Å². The van der Waals surface area contributed by atoms with Crippen molar-refractivity contribution >= 4 is 29.0 Å². The number of ketones is 1. The molecular weight excluding hydrogens is 359 g/mol. The van der Waals surface area contributed by atoms with Crippen LogP contribution >= 0.6 is 11.6 Å². The Morgan fingerprint density at radius 2 is 1.68 bits per heavy atom. The number of carbonyl (C=O) groups excluding carboxylic acids is 2. The number of aliphatic hydroxyl groups is 1. The monoisotopic (exact) mass is 369 g/mol. The average Bonchev–Trinajstić information content (AvgIpc) is 2.80. The summed E-state index contributed by atoms with van der Waals surface area (Å²) in [6, 6.07) is 9.39. The number of fused-ring (bicyclic) bond motifs is 3. The lowest BCUT2D eigenvalue weighted by molar-refractivity contribution is -0.242. The number of hydrogen-bond acceptors (Lipinski definition) is 3. The molecule has 130 valence electrons. The van der Waals surface area contributed by atoms with Crippen LogP contribution in [0.4, 0.5) is 18.9 Å². The molecule has 2 N–H and O–H groups in total. The van der Waals surface area contributed by atoms with E-state index >= 15 is 0 Å². The molecule has 1 aliphatic rings. The van der Waals surface area contributed by atoms with E-state index < -0.39 is 17.7 Å². The molecule has 0 saturated carbocycles. The fourth-order valence-electron chi connectivity index (χ4n) is 2.51. The van der Waals surface area contributed by atoms with Gasteiger partial charge in [-0.25, -0.2) is 0 Å². The predicted octanol–water partition coefficient (Wildman–Crippen LogP) is 3.80. The zero-order chi connectivity index (χ0) is 18.6. The van der Waals surface area contributed by atoms with E-state index in [0.717, 1.165) is 0 Å². The highest BCUT2D eigenvalue weighted by Gasteiger charge is 2.55. The van der Waals surface area contributed by atoms with E-state index in [4.69, 9.17) is 11.6 Å². The Labute approximate surface area is 145 Å². The van der Waals surface area contributed by atoms with Crippen molar-refractivity contribution < 1.29 is 27.9 Å². The van der Waals surface area contributed by atoms with Crippen molar-refractivity contribution in [3.63, 3.8) is 0 Å². The first-order valence-electron chi connectivity index (χ1n) is 7.12. The molecule has 1 amide bonds. The minimum atomic E-state index is -5.16. The number of rotatable bonds is 2. The first-order chi connectivity index (χ1) is 11.5. The molecule has 1 atom stereocenters. The van der Waals surface area contributed by atoms with Crippen LogP contribution in [-0.2, 0) is 4.79 Å². The van der Waals surface area contributed by atoms with Crippen LogP contribution in [0.15, 0.2) is 36.4 Å². The van der Waals surface area contributed by atoms with Gasteiger partial charge in [0.1, 0.15) is 0 Å². The van der Waals surface area contributed by atoms with Gasteiger partial charge in [0.15, 0.2) is 5.78 Å². The summed E-state index contributed by atoms with van der Waals surface area (Å²) in [5.74, 6) is -2.01. The Bertz CT molecular complexity index is 906. The number of amides is 1. The summed E-state index contributed by atoms with van der Waals surface area (Å²) in [5, 5.41) is 11.3. The van der Waals surface area contributed by atoms with Crippen molar-refractivity contribution in [3.05, 3.63) is 52.5 Å². The number of nitrogens with one attached hydrogen (secondary N) is 1. The molecule has 0 radical (unpaired) electrons. The fraction of sp³-hybridized carbons (Fsp3) is 0.176. The third-order valence-electron chi connectivity index (χ3n) is 4.06. The molecule has 4 nitrogen and oxygen atoms in total. The van der Waals surface area contributed by atoms with E-state index in [1.165, 1.54) is 12.1 Å². The van der Waals surface area contributed by atoms with Crippen LogP contribution in [0.3, 0.4) is 0 Å². The molecule has 0 saturated heterocycles. The highest BCUT2D eigenvalue weighted by atomic mass is 35.5. The zero-order valence-corrected chi connectivity index (χ0v) is 13.5. The van der Waals surface area contributed by atoms with Gasteiger partial charge in [0.05, 0.1) is 10.7 Å². The number of alkyl halides is 3. The summed E-state index contributed by atoms with van der Waals surface area (Å²) < 4.78 is 38.2. The van der Waals surface area contributed by atoms with Crippen LogP contribution < -0.4 is 5.32 Å². The maximum atomic E-state index is 12.7. The maximum Gasteiger partial charge on any atom is 0.426 e. The molecular formula is C17H11ClF3NO3. The minimum absolute atomic E-state index is 0.0467. The molecule has 1 unspecified atom stereocenters. The van der Waals surface area contributed by atoms with Crippen LogP contribution in [0.5, 0.6) is 0 Å². The lowest BCUT2D eigenvalue weighted by Crippen LogP contribution is -2.52. The average molecular weight is 370 g/mol. The lowest BCUT2D eigenvalue weighted by Gasteiger charge is -2.25. The van der Waals surface area contributed by atoms with Gasteiger partial charge in [0.25, 0.3) is 5.91 Å². The van der Waals surface area contributed by atoms with Gasteiger partial charge in [-0.3, -0.25) is 9.59 Å². The Kier molecular flexibility index (Phi) is 3.89. The number of carbonyl (C=O) groups is 2. The molecule has 8 heteroatoms. The molecule has 0 spiro atoms. The lowest BCUT2D eigenvalue weighted by atomic mass is 10.0. The summed E-state index contributed by atoms with van der Waals surface area (Å²) >= 11 is 6.04. The molecule has 3 rings (SSSR count). The summed E-state index contributed by atoms with van der Waals surface area (Å²) in [4.78, 5) is 24.2. The molecule has 1 aliphatic carbocycles. The van der Waals surface area contributed by atoms with Crippen molar-refractivity contribution in [2.24, 2.45) is 0 Å². The van der Waals surface area contributed by atoms with E-state index in [1.807, 2.05) is 5.32 Å². The van der Waals surface area contributed by atoms with E-state index in [9.17, 15) is 27.9 Å². The normalized spacial score (nSPS) is 15.4. The largest absolute Gasteiger partial charge is 0.426 e. The second-order valence-electron chi connectivity index (χ2n) is 5.78. The quantitative estimate of drug-likeness (QED) is 0.722. The van der Waals surface area contributed by atoms with Gasteiger partial charge in [-0.1, -0.05) is 35.9 Å². The van der Waals surface area contributed by atoms with Crippen LogP contribution in [0.1, 0.15) is 22.8 Å². The third-order valence-corrected chi connectivity index (χ3v) is 4.37. The van der Waals surface area contributed by atoms with Gasteiger partial charge in [0, 0.05) is 11.1 Å². The Morgan fingerprint density at radius 1 is 1.08 bits per heavy atom. The van der Waals surface area contributed by atoms with Crippen LogP contribution in [0.25, 0.3) is 11.1 Å². The summed E-state index contributed by atoms with van der Waals surface area (Å²) in [6.07, 6.45) is -5.16. The summed E-state index contributed by atoms with van der Waals surface area (Å²) in [7, 11) is 0. The smallest absolute Gasteiger partial charge is 0.373 e. The summed E-state index contributed by atoms with van der Waals surface area (Å²) in [6.45, 7) is 0.338.